The van der Waals surface area contributed by atoms with Crippen molar-refractivity contribution in [1.29, 1.82) is 0 Å². The highest BCUT2D eigenvalue weighted by Crippen LogP contribution is 2.15. The SMILES string of the molecule is CCOC1CCCN(C(=O)CC2CNCCO2)C1. The molecular weight excluding hydrogens is 232 g/mol. The van der Waals surface area contributed by atoms with E-state index >= 15 is 0 Å². The van der Waals surface area contributed by atoms with Crippen LogP contribution in [0.3, 0.4) is 0 Å². The van der Waals surface area contributed by atoms with Gasteiger partial charge in [-0.1, -0.05) is 0 Å². The van der Waals surface area contributed by atoms with Crippen molar-refractivity contribution in [3.63, 3.8) is 0 Å². The lowest BCUT2D eigenvalue weighted by atomic mass is 10.1. The van der Waals surface area contributed by atoms with Gasteiger partial charge in [0.15, 0.2) is 0 Å². The Bertz CT molecular complexity index is 265. The number of hydrogen-bond acceptors (Lipinski definition) is 4. The number of nitrogens with zero attached hydrogens (tertiary/aromatic N) is 1. The second-order valence-electron chi connectivity index (χ2n) is 4.96. The Morgan fingerprint density at radius 2 is 2.44 bits per heavy atom. The van der Waals surface area contributed by atoms with Gasteiger partial charge in [-0.2, -0.15) is 0 Å². The van der Waals surface area contributed by atoms with Gasteiger partial charge >= 0.3 is 0 Å². The van der Waals surface area contributed by atoms with Gasteiger partial charge in [-0.05, 0) is 19.8 Å². The Labute approximate surface area is 109 Å². The van der Waals surface area contributed by atoms with Crippen molar-refractivity contribution in [2.45, 2.75) is 38.4 Å². The van der Waals surface area contributed by atoms with Crippen LogP contribution in [-0.4, -0.2) is 62.4 Å². The third-order valence-electron chi connectivity index (χ3n) is 3.54. The molecule has 104 valence electrons. The Kier molecular flexibility index (Phi) is 5.41. The molecule has 2 fully saturated rings. The largest absolute Gasteiger partial charge is 0.377 e. The van der Waals surface area contributed by atoms with Gasteiger partial charge in [-0.25, -0.2) is 0 Å². The van der Waals surface area contributed by atoms with Crippen LogP contribution in [-0.2, 0) is 14.3 Å². The molecule has 0 saturated carbocycles. The standard InChI is InChI=1S/C13H24N2O3/c1-2-17-11-4-3-6-15(10-11)13(16)8-12-9-14-5-7-18-12/h11-12,14H,2-10H2,1H3. The molecule has 2 rings (SSSR count). The molecule has 0 aromatic carbocycles. The number of carbonyl (C=O) groups excluding carboxylic acids is 1. The predicted molar refractivity (Wildman–Crippen MR) is 68.5 cm³/mol. The fraction of sp³-hybridized carbons (Fsp3) is 0.923. The highest BCUT2D eigenvalue weighted by Gasteiger charge is 2.26. The Morgan fingerprint density at radius 3 is 3.17 bits per heavy atom. The molecule has 18 heavy (non-hydrogen) atoms. The maximum absolute atomic E-state index is 12.2. The quantitative estimate of drug-likeness (QED) is 0.790. The molecule has 0 aliphatic carbocycles. The Balaban J connectivity index is 1.76. The van der Waals surface area contributed by atoms with Crippen molar-refractivity contribution in [1.82, 2.24) is 10.2 Å². The van der Waals surface area contributed by atoms with E-state index in [0.717, 1.165) is 45.6 Å². The number of amides is 1. The van der Waals surface area contributed by atoms with Gasteiger partial charge in [0.2, 0.25) is 5.91 Å². The number of hydrogen-bond donors (Lipinski definition) is 1. The first-order valence-corrected chi connectivity index (χ1v) is 7.01. The molecule has 0 radical (unpaired) electrons. The summed E-state index contributed by atoms with van der Waals surface area (Å²) >= 11 is 0. The van der Waals surface area contributed by atoms with Crippen molar-refractivity contribution in [3.05, 3.63) is 0 Å². The zero-order chi connectivity index (χ0) is 12.8. The van der Waals surface area contributed by atoms with Crippen LogP contribution in [0.25, 0.3) is 0 Å². The topological polar surface area (TPSA) is 50.8 Å². The smallest absolute Gasteiger partial charge is 0.225 e. The number of likely N-dealkylation sites (tertiary alicyclic amines) is 1. The second kappa shape index (κ2) is 7.07. The maximum Gasteiger partial charge on any atom is 0.225 e. The van der Waals surface area contributed by atoms with E-state index in [1.54, 1.807) is 0 Å². The summed E-state index contributed by atoms with van der Waals surface area (Å²) in [4.78, 5) is 14.1. The van der Waals surface area contributed by atoms with E-state index in [4.69, 9.17) is 9.47 Å². The van der Waals surface area contributed by atoms with Crippen molar-refractivity contribution in [2.75, 3.05) is 39.4 Å². The van der Waals surface area contributed by atoms with Crippen LogP contribution in [0.1, 0.15) is 26.2 Å². The molecule has 0 aromatic heterocycles. The lowest BCUT2D eigenvalue weighted by Gasteiger charge is -2.34. The van der Waals surface area contributed by atoms with E-state index in [9.17, 15) is 4.79 Å². The van der Waals surface area contributed by atoms with E-state index in [1.165, 1.54) is 0 Å². The van der Waals surface area contributed by atoms with Crippen molar-refractivity contribution < 1.29 is 14.3 Å². The van der Waals surface area contributed by atoms with Crippen LogP contribution < -0.4 is 5.32 Å². The molecule has 0 spiro atoms. The fourth-order valence-electron chi connectivity index (χ4n) is 2.61. The summed E-state index contributed by atoms with van der Waals surface area (Å²) in [5, 5.41) is 3.25. The number of piperidine rings is 1. The lowest BCUT2D eigenvalue weighted by molar-refractivity contribution is -0.138. The average Bonchev–Trinajstić information content (AvgIpc) is 2.40. The number of rotatable bonds is 4. The summed E-state index contributed by atoms with van der Waals surface area (Å²) < 4.78 is 11.2. The van der Waals surface area contributed by atoms with Gasteiger partial charge in [0.05, 0.1) is 25.2 Å². The molecule has 2 atom stereocenters. The summed E-state index contributed by atoms with van der Waals surface area (Å²) in [6.07, 6.45) is 2.86. The van der Waals surface area contributed by atoms with E-state index in [-0.39, 0.29) is 18.1 Å². The molecule has 2 aliphatic heterocycles. The minimum Gasteiger partial charge on any atom is -0.377 e. The molecule has 1 amide bonds. The fourth-order valence-corrected chi connectivity index (χ4v) is 2.61. The molecule has 5 heteroatoms. The molecular formula is C13H24N2O3. The van der Waals surface area contributed by atoms with E-state index in [1.807, 2.05) is 11.8 Å². The van der Waals surface area contributed by atoms with Crippen molar-refractivity contribution in [3.8, 4) is 0 Å². The van der Waals surface area contributed by atoms with Crippen LogP contribution in [0.15, 0.2) is 0 Å². The first-order chi connectivity index (χ1) is 8.79. The normalized spacial score (nSPS) is 29.3. The number of nitrogens with one attached hydrogen (secondary N) is 1. The number of morpholine rings is 1. The Morgan fingerprint density at radius 1 is 1.56 bits per heavy atom. The summed E-state index contributed by atoms with van der Waals surface area (Å²) in [7, 11) is 0. The number of ether oxygens (including phenoxy) is 2. The molecule has 2 heterocycles. The molecule has 1 N–H and O–H groups in total. The highest BCUT2D eigenvalue weighted by atomic mass is 16.5. The first kappa shape index (κ1) is 13.8. The summed E-state index contributed by atoms with van der Waals surface area (Å²) in [6.45, 7) is 6.72. The van der Waals surface area contributed by atoms with Crippen LogP contribution >= 0.6 is 0 Å². The van der Waals surface area contributed by atoms with Gasteiger partial charge in [0.25, 0.3) is 0 Å². The minimum absolute atomic E-state index is 0.0405. The van der Waals surface area contributed by atoms with Crippen molar-refractivity contribution in [2.24, 2.45) is 0 Å². The van der Waals surface area contributed by atoms with E-state index in [2.05, 4.69) is 5.32 Å². The van der Waals surface area contributed by atoms with Crippen LogP contribution in [0.2, 0.25) is 0 Å². The lowest BCUT2D eigenvalue weighted by Crippen LogP contribution is -2.46. The van der Waals surface area contributed by atoms with E-state index < -0.39 is 0 Å². The van der Waals surface area contributed by atoms with Crippen LogP contribution in [0.4, 0.5) is 0 Å². The van der Waals surface area contributed by atoms with Gasteiger partial charge in [-0.3, -0.25) is 4.79 Å². The van der Waals surface area contributed by atoms with Gasteiger partial charge in [0, 0.05) is 32.8 Å². The zero-order valence-electron chi connectivity index (χ0n) is 11.2. The molecule has 0 bridgehead atoms. The van der Waals surface area contributed by atoms with Crippen LogP contribution in [0.5, 0.6) is 0 Å². The molecule has 2 aliphatic rings. The second-order valence-corrected chi connectivity index (χ2v) is 4.96. The van der Waals surface area contributed by atoms with Crippen molar-refractivity contribution >= 4 is 5.91 Å². The molecule has 5 nitrogen and oxygen atoms in total. The zero-order valence-corrected chi connectivity index (χ0v) is 11.2. The third kappa shape index (κ3) is 3.93. The van der Waals surface area contributed by atoms with Gasteiger partial charge < -0.3 is 19.7 Å². The monoisotopic (exact) mass is 256 g/mol. The van der Waals surface area contributed by atoms with Gasteiger partial charge in [0.1, 0.15) is 0 Å². The van der Waals surface area contributed by atoms with Gasteiger partial charge in [-0.15, -0.1) is 0 Å². The summed E-state index contributed by atoms with van der Waals surface area (Å²) in [6, 6.07) is 0. The highest BCUT2D eigenvalue weighted by molar-refractivity contribution is 5.76. The molecule has 0 aromatic rings. The third-order valence-corrected chi connectivity index (χ3v) is 3.54. The average molecular weight is 256 g/mol. The summed E-state index contributed by atoms with van der Waals surface area (Å²) in [5.74, 6) is 0.202. The molecule has 2 saturated heterocycles. The van der Waals surface area contributed by atoms with E-state index in [0.29, 0.717) is 13.0 Å². The van der Waals surface area contributed by atoms with Crippen LogP contribution in [0, 0.1) is 0 Å². The summed E-state index contributed by atoms with van der Waals surface area (Å²) in [5.41, 5.74) is 0. The molecule has 2 unspecified atom stereocenters. The first-order valence-electron chi connectivity index (χ1n) is 7.01. The Hall–Kier alpha value is -0.650. The predicted octanol–water partition coefficient (Wildman–Crippen LogP) is 0.392. The minimum atomic E-state index is 0.0405. The maximum atomic E-state index is 12.2. The number of carbonyl (C=O) groups is 1.